The minimum absolute atomic E-state index is 0.0581. The summed E-state index contributed by atoms with van der Waals surface area (Å²) in [7, 11) is 1.30. The Morgan fingerprint density at radius 1 is 1.54 bits per heavy atom. The van der Waals surface area contributed by atoms with Crippen LogP contribution in [0.1, 0.15) is 12.8 Å². The number of halogens is 2. The molecule has 0 aromatic heterocycles. The standard InChI is InChI=1S/C8H12F2O3/c1-12-7(11)6-3-2-5(6)4-13-8(9)10/h5-6,8H,2-4H2,1H3/t5-,6?/m0/s1. The molecule has 1 aliphatic carbocycles. The number of hydrogen-bond acceptors (Lipinski definition) is 3. The highest BCUT2D eigenvalue weighted by molar-refractivity contribution is 5.73. The average Bonchev–Trinajstić information content (AvgIpc) is 2.01. The van der Waals surface area contributed by atoms with Crippen LogP contribution in [-0.2, 0) is 14.3 Å². The van der Waals surface area contributed by atoms with Gasteiger partial charge < -0.3 is 9.47 Å². The van der Waals surface area contributed by atoms with Gasteiger partial charge in [0.1, 0.15) is 0 Å². The van der Waals surface area contributed by atoms with E-state index in [4.69, 9.17) is 0 Å². The summed E-state index contributed by atoms with van der Waals surface area (Å²) in [5.74, 6) is -0.667. The molecular formula is C8H12F2O3. The van der Waals surface area contributed by atoms with E-state index in [1.165, 1.54) is 7.11 Å². The number of alkyl halides is 2. The van der Waals surface area contributed by atoms with Crippen molar-refractivity contribution in [2.45, 2.75) is 19.5 Å². The Bertz CT molecular complexity index is 184. The maximum atomic E-state index is 11.6. The lowest BCUT2D eigenvalue weighted by atomic mass is 9.74. The molecule has 1 fully saturated rings. The van der Waals surface area contributed by atoms with Crippen LogP contribution in [0.3, 0.4) is 0 Å². The second kappa shape index (κ2) is 4.50. The first-order valence-corrected chi connectivity index (χ1v) is 4.12. The molecule has 0 N–H and O–H groups in total. The number of carbonyl (C=O) groups excluding carboxylic acids is 1. The zero-order valence-electron chi connectivity index (χ0n) is 7.33. The van der Waals surface area contributed by atoms with Crippen molar-refractivity contribution in [3.05, 3.63) is 0 Å². The van der Waals surface area contributed by atoms with E-state index in [0.29, 0.717) is 6.42 Å². The van der Waals surface area contributed by atoms with Crippen molar-refractivity contribution in [2.75, 3.05) is 13.7 Å². The lowest BCUT2D eigenvalue weighted by Gasteiger charge is -2.33. The van der Waals surface area contributed by atoms with Crippen molar-refractivity contribution in [1.82, 2.24) is 0 Å². The molecule has 5 heteroatoms. The molecule has 0 bridgehead atoms. The van der Waals surface area contributed by atoms with Gasteiger partial charge in [-0.1, -0.05) is 0 Å². The molecule has 1 aliphatic rings. The Hall–Kier alpha value is -0.710. The lowest BCUT2D eigenvalue weighted by Crippen LogP contribution is -2.37. The van der Waals surface area contributed by atoms with Crippen LogP contribution in [0.4, 0.5) is 8.78 Å². The molecular weight excluding hydrogens is 182 g/mol. The highest BCUT2D eigenvalue weighted by Crippen LogP contribution is 2.35. The molecule has 0 spiro atoms. The van der Waals surface area contributed by atoms with Crippen LogP contribution in [-0.4, -0.2) is 26.3 Å². The molecule has 0 saturated heterocycles. The molecule has 0 aliphatic heterocycles. The van der Waals surface area contributed by atoms with Crippen LogP contribution in [0, 0.1) is 11.8 Å². The predicted molar refractivity (Wildman–Crippen MR) is 40.2 cm³/mol. The smallest absolute Gasteiger partial charge is 0.345 e. The van der Waals surface area contributed by atoms with Gasteiger partial charge in [0.2, 0.25) is 0 Å². The van der Waals surface area contributed by atoms with Gasteiger partial charge in [0.05, 0.1) is 19.6 Å². The van der Waals surface area contributed by atoms with Crippen molar-refractivity contribution in [3.63, 3.8) is 0 Å². The van der Waals surface area contributed by atoms with E-state index in [-0.39, 0.29) is 24.4 Å². The molecule has 3 nitrogen and oxygen atoms in total. The minimum atomic E-state index is -2.75. The van der Waals surface area contributed by atoms with Gasteiger partial charge in [0.25, 0.3) is 0 Å². The van der Waals surface area contributed by atoms with E-state index < -0.39 is 6.61 Å². The molecule has 2 atom stereocenters. The minimum Gasteiger partial charge on any atom is -0.469 e. The summed E-state index contributed by atoms with van der Waals surface area (Å²) in [6.07, 6.45) is 1.47. The molecule has 13 heavy (non-hydrogen) atoms. The Kier molecular flexibility index (Phi) is 3.59. The van der Waals surface area contributed by atoms with Crippen molar-refractivity contribution >= 4 is 5.97 Å². The fourth-order valence-corrected chi connectivity index (χ4v) is 1.43. The number of carbonyl (C=O) groups is 1. The third kappa shape index (κ3) is 2.62. The molecule has 0 amide bonds. The summed E-state index contributed by atoms with van der Waals surface area (Å²) >= 11 is 0. The third-order valence-corrected chi connectivity index (χ3v) is 2.36. The van der Waals surface area contributed by atoms with Gasteiger partial charge >= 0.3 is 12.6 Å². The Labute approximate surface area is 75.0 Å². The summed E-state index contributed by atoms with van der Waals surface area (Å²) in [6, 6.07) is 0. The van der Waals surface area contributed by atoms with Crippen molar-refractivity contribution < 1.29 is 23.0 Å². The van der Waals surface area contributed by atoms with Gasteiger partial charge in [-0.15, -0.1) is 0 Å². The van der Waals surface area contributed by atoms with E-state index in [2.05, 4.69) is 9.47 Å². The van der Waals surface area contributed by atoms with Gasteiger partial charge in [-0.3, -0.25) is 4.79 Å². The van der Waals surface area contributed by atoms with Gasteiger partial charge in [-0.25, -0.2) is 0 Å². The number of hydrogen-bond donors (Lipinski definition) is 0. The van der Waals surface area contributed by atoms with Crippen molar-refractivity contribution in [1.29, 1.82) is 0 Å². The first kappa shape index (κ1) is 10.4. The monoisotopic (exact) mass is 194 g/mol. The van der Waals surface area contributed by atoms with Crippen LogP contribution in [0.2, 0.25) is 0 Å². The largest absolute Gasteiger partial charge is 0.469 e. The molecule has 76 valence electrons. The fraction of sp³-hybridized carbons (Fsp3) is 0.875. The van der Waals surface area contributed by atoms with E-state index >= 15 is 0 Å². The topological polar surface area (TPSA) is 35.5 Å². The Morgan fingerprint density at radius 3 is 2.62 bits per heavy atom. The van der Waals surface area contributed by atoms with E-state index in [0.717, 1.165) is 6.42 Å². The second-order valence-electron chi connectivity index (χ2n) is 3.06. The van der Waals surface area contributed by atoms with Crippen LogP contribution < -0.4 is 0 Å². The molecule has 0 radical (unpaired) electrons. The van der Waals surface area contributed by atoms with Gasteiger partial charge in [0, 0.05) is 0 Å². The summed E-state index contributed by atoms with van der Waals surface area (Å²) in [4.78, 5) is 11.0. The zero-order valence-corrected chi connectivity index (χ0v) is 7.33. The van der Waals surface area contributed by atoms with E-state index in [1.54, 1.807) is 0 Å². The van der Waals surface area contributed by atoms with Crippen LogP contribution in [0.15, 0.2) is 0 Å². The summed E-state index contributed by atoms with van der Waals surface area (Å²) in [6.45, 7) is -2.81. The third-order valence-electron chi connectivity index (χ3n) is 2.36. The fourth-order valence-electron chi connectivity index (χ4n) is 1.43. The van der Waals surface area contributed by atoms with E-state index in [9.17, 15) is 13.6 Å². The second-order valence-corrected chi connectivity index (χ2v) is 3.06. The summed E-state index contributed by atoms with van der Waals surface area (Å²) < 4.78 is 31.9. The van der Waals surface area contributed by atoms with Crippen LogP contribution >= 0.6 is 0 Å². The first-order chi connectivity index (χ1) is 6.15. The number of esters is 1. The Morgan fingerprint density at radius 2 is 2.23 bits per heavy atom. The number of rotatable bonds is 4. The molecule has 0 aromatic carbocycles. The highest BCUT2D eigenvalue weighted by Gasteiger charge is 2.37. The van der Waals surface area contributed by atoms with Gasteiger partial charge in [-0.05, 0) is 18.8 Å². The quantitative estimate of drug-likeness (QED) is 0.635. The molecule has 1 saturated carbocycles. The number of methoxy groups -OCH3 is 1. The van der Waals surface area contributed by atoms with Crippen molar-refractivity contribution in [2.24, 2.45) is 11.8 Å². The van der Waals surface area contributed by atoms with E-state index in [1.807, 2.05) is 0 Å². The highest BCUT2D eigenvalue weighted by atomic mass is 19.3. The molecule has 1 unspecified atom stereocenters. The Balaban J connectivity index is 2.24. The molecule has 0 heterocycles. The SMILES string of the molecule is COC(=O)C1CC[C@H]1COC(F)F. The van der Waals surface area contributed by atoms with Crippen LogP contribution in [0.5, 0.6) is 0 Å². The normalized spacial score (nSPS) is 27.1. The van der Waals surface area contributed by atoms with Gasteiger partial charge in [0.15, 0.2) is 0 Å². The predicted octanol–water partition coefficient (Wildman–Crippen LogP) is 1.42. The van der Waals surface area contributed by atoms with Gasteiger partial charge in [-0.2, -0.15) is 8.78 Å². The first-order valence-electron chi connectivity index (χ1n) is 4.12. The van der Waals surface area contributed by atoms with Crippen LogP contribution in [0.25, 0.3) is 0 Å². The maximum absolute atomic E-state index is 11.6. The summed E-state index contributed by atoms with van der Waals surface area (Å²) in [5.41, 5.74) is 0. The maximum Gasteiger partial charge on any atom is 0.345 e. The molecule has 0 aromatic rings. The summed E-state index contributed by atoms with van der Waals surface area (Å²) in [5, 5.41) is 0. The van der Waals surface area contributed by atoms with Crippen molar-refractivity contribution in [3.8, 4) is 0 Å². The number of ether oxygens (including phenoxy) is 2. The average molecular weight is 194 g/mol. The lowest BCUT2D eigenvalue weighted by molar-refractivity contribution is -0.167. The molecule has 1 rings (SSSR count). The zero-order chi connectivity index (χ0) is 9.84.